The van der Waals surface area contributed by atoms with Crippen molar-refractivity contribution in [2.75, 3.05) is 25.0 Å². The molecule has 2 rings (SSSR count). The first-order valence-corrected chi connectivity index (χ1v) is 8.41. The molecule has 1 fully saturated rings. The highest BCUT2D eigenvalue weighted by molar-refractivity contribution is 5.89. The van der Waals surface area contributed by atoms with Crippen LogP contribution in [0.5, 0.6) is 0 Å². The lowest BCUT2D eigenvalue weighted by molar-refractivity contribution is 0.0512. The molecule has 1 unspecified atom stereocenters. The van der Waals surface area contributed by atoms with Gasteiger partial charge in [-0.05, 0) is 51.7 Å². The second kappa shape index (κ2) is 8.04. The molecule has 6 nitrogen and oxygen atoms in total. The Kier molecular flexibility index (Phi) is 6.06. The summed E-state index contributed by atoms with van der Waals surface area (Å²) in [4.78, 5) is 25.9. The van der Waals surface area contributed by atoms with Gasteiger partial charge in [0.2, 0.25) is 0 Å². The van der Waals surface area contributed by atoms with Crippen LogP contribution in [-0.4, -0.2) is 42.3 Å². The third-order valence-electron chi connectivity index (χ3n) is 3.77. The fourth-order valence-corrected chi connectivity index (χ4v) is 2.68. The first-order chi connectivity index (χ1) is 11.3. The highest BCUT2D eigenvalue weighted by atomic mass is 16.6. The van der Waals surface area contributed by atoms with Crippen molar-refractivity contribution < 1.29 is 14.3 Å². The molecule has 3 amide bonds. The quantitative estimate of drug-likeness (QED) is 0.890. The van der Waals surface area contributed by atoms with Crippen molar-refractivity contribution in [1.82, 2.24) is 10.2 Å². The van der Waals surface area contributed by atoms with Crippen molar-refractivity contribution in [3.05, 3.63) is 30.3 Å². The summed E-state index contributed by atoms with van der Waals surface area (Å²) in [5, 5.41) is 5.70. The number of rotatable bonds is 3. The van der Waals surface area contributed by atoms with E-state index in [-0.39, 0.29) is 11.9 Å². The van der Waals surface area contributed by atoms with Crippen LogP contribution in [-0.2, 0) is 4.74 Å². The molecule has 1 saturated heterocycles. The van der Waals surface area contributed by atoms with Crippen LogP contribution in [0.15, 0.2) is 30.3 Å². The average Bonchev–Trinajstić information content (AvgIpc) is 2.52. The number of anilines is 1. The first-order valence-electron chi connectivity index (χ1n) is 8.41. The Morgan fingerprint density at radius 2 is 1.96 bits per heavy atom. The fraction of sp³-hybridized carbons (Fsp3) is 0.556. The van der Waals surface area contributed by atoms with Crippen molar-refractivity contribution in [2.24, 2.45) is 5.92 Å². The van der Waals surface area contributed by atoms with Gasteiger partial charge in [-0.1, -0.05) is 18.2 Å². The van der Waals surface area contributed by atoms with Crippen molar-refractivity contribution in [1.29, 1.82) is 0 Å². The van der Waals surface area contributed by atoms with Crippen molar-refractivity contribution in [3.8, 4) is 0 Å². The molecule has 1 aromatic carbocycles. The maximum atomic E-state index is 12.3. The minimum atomic E-state index is -0.502. The Hall–Kier alpha value is -2.24. The van der Waals surface area contributed by atoms with E-state index in [2.05, 4.69) is 10.6 Å². The third kappa shape index (κ3) is 6.10. The highest BCUT2D eigenvalue weighted by Gasteiger charge is 2.25. The van der Waals surface area contributed by atoms with E-state index < -0.39 is 11.7 Å². The zero-order chi connectivity index (χ0) is 17.6. The second-order valence-corrected chi connectivity index (χ2v) is 7.13. The maximum absolute atomic E-state index is 12.3. The smallest absolute Gasteiger partial charge is 0.407 e. The minimum Gasteiger partial charge on any atom is -0.444 e. The van der Waals surface area contributed by atoms with Crippen LogP contribution in [0.1, 0.15) is 33.6 Å². The number of urea groups is 1. The number of nitrogens with zero attached hydrogens (tertiary/aromatic N) is 1. The number of hydrogen-bond acceptors (Lipinski definition) is 3. The number of nitrogens with one attached hydrogen (secondary N) is 2. The van der Waals surface area contributed by atoms with Crippen LogP contribution < -0.4 is 10.6 Å². The van der Waals surface area contributed by atoms with E-state index >= 15 is 0 Å². The monoisotopic (exact) mass is 333 g/mol. The zero-order valence-corrected chi connectivity index (χ0v) is 14.7. The van der Waals surface area contributed by atoms with Crippen molar-refractivity contribution in [2.45, 2.75) is 39.2 Å². The van der Waals surface area contributed by atoms with E-state index in [1.165, 1.54) is 0 Å². The molecule has 6 heteroatoms. The summed E-state index contributed by atoms with van der Waals surface area (Å²) in [6.45, 7) is 7.40. The van der Waals surface area contributed by atoms with E-state index in [1.807, 2.05) is 51.1 Å². The standard InChI is InChI=1S/C18H27N3O3/c1-18(2,3)24-17(23)19-12-14-8-7-11-21(13-14)16(22)20-15-9-5-4-6-10-15/h4-6,9-10,14H,7-8,11-13H2,1-3H3,(H,19,23)(H,20,22). The van der Waals surface area contributed by atoms with Gasteiger partial charge < -0.3 is 20.3 Å². The van der Waals surface area contributed by atoms with Crippen LogP contribution in [0, 0.1) is 5.92 Å². The Morgan fingerprint density at radius 3 is 2.62 bits per heavy atom. The molecule has 2 N–H and O–H groups in total. The topological polar surface area (TPSA) is 70.7 Å². The Bertz CT molecular complexity index is 554. The molecule has 0 spiro atoms. The third-order valence-corrected chi connectivity index (χ3v) is 3.77. The number of benzene rings is 1. The van der Waals surface area contributed by atoms with Crippen LogP contribution in [0.25, 0.3) is 0 Å². The summed E-state index contributed by atoms with van der Waals surface area (Å²) in [6, 6.07) is 9.32. The molecule has 0 aliphatic carbocycles. The number of amides is 3. The molecule has 0 aromatic heterocycles. The lowest BCUT2D eigenvalue weighted by Gasteiger charge is -2.33. The zero-order valence-electron chi connectivity index (χ0n) is 14.7. The number of carbonyl (C=O) groups excluding carboxylic acids is 2. The average molecular weight is 333 g/mol. The molecule has 132 valence electrons. The summed E-state index contributed by atoms with van der Waals surface area (Å²) in [5.41, 5.74) is 0.287. The van der Waals surface area contributed by atoms with Gasteiger partial charge in [-0.25, -0.2) is 9.59 Å². The highest BCUT2D eigenvalue weighted by Crippen LogP contribution is 2.17. The Labute approximate surface area is 143 Å². The van der Waals surface area contributed by atoms with E-state index in [0.29, 0.717) is 13.1 Å². The summed E-state index contributed by atoms with van der Waals surface area (Å²) >= 11 is 0. The predicted octanol–water partition coefficient (Wildman–Crippen LogP) is 3.46. The number of alkyl carbamates (subject to hydrolysis) is 1. The van der Waals surface area contributed by atoms with Gasteiger partial charge in [0.25, 0.3) is 0 Å². The summed E-state index contributed by atoms with van der Waals surface area (Å²) in [7, 11) is 0. The van der Waals surface area contributed by atoms with Gasteiger partial charge in [0.05, 0.1) is 0 Å². The number of piperidine rings is 1. The molecular formula is C18H27N3O3. The molecule has 1 atom stereocenters. The van der Waals surface area contributed by atoms with Gasteiger partial charge in [0.15, 0.2) is 0 Å². The van der Waals surface area contributed by atoms with Crippen LogP contribution >= 0.6 is 0 Å². The van der Waals surface area contributed by atoms with Gasteiger partial charge in [-0.3, -0.25) is 0 Å². The SMILES string of the molecule is CC(C)(C)OC(=O)NCC1CCCN(C(=O)Nc2ccccc2)C1. The summed E-state index contributed by atoms with van der Waals surface area (Å²) in [5.74, 6) is 0.243. The molecule has 1 heterocycles. The lowest BCUT2D eigenvalue weighted by atomic mass is 9.98. The molecule has 0 bridgehead atoms. The van der Waals surface area contributed by atoms with Crippen LogP contribution in [0.3, 0.4) is 0 Å². The molecule has 24 heavy (non-hydrogen) atoms. The van der Waals surface area contributed by atoms with Gasteiger partial charge in [0.1, 0.15) is 5.60 Å². The van der Waals surface area contributed by atoms with E-state index in [1.54, 1.807) is 4.90 Å². The van der Waals surface area contributed by atoms with Gasteiger partial charge in [-0.15, -0.1) is 0 Å². The summed E-state index contributed by atoms with van der Waals surface area (Å²) < 4.78 is 5.24. The molecule has 0 saturated carbocycles. The minimum absolute atomic E-state index is 0.0943. The molecule has 1 aliphatic rings. The van der Waals surface area contributed by atoms with Crippen molar-refractivity contribution in [3.63, 3.8) is 0 Å². The molecular weight excluding hydrogens is 306 g/mol. The van der Waals surface area contributed by atoms with Crippen LogP contribution in [0.4, 0.5) is 15.3 Å². The van der Waals surface area contributed by atoms with E-state index in [9.17, 15) is 9.59 Å². The molecule has 1 aromatic rings. The first kappa shape index (κ1) is 18.1. The largest absolute Gasteiger partial charge is 0.444 e. The van der Waals surface area contributed by atoms with E-state index in [4.69, 9.17) is 4.74 Å². The van der Waals surface area contributed by atoms with Crippen molar-refractivity contribution >= 4 is 17.8 Å². The van der Waals surface area contributed by atoms with Crippen LogP contribution in [0.2, 0.25) is 0 Å². The lowest BCUT2D eigenvalue weighted by Crippen LogP contribution is -2.45. The normalized spacial score (nSPS) is 18.0. The van der Waals surface area contributed by atoms with Gasteiger partial charge in [0, 0.05) is 25.3 Å². The number of ether oxygens (including phenoxy) is 1. The number of likely N-dealkylation sites (tertiary alicyclic amines) is 1. The van der Waals surface area contributed by atoms with Gasteiger partial charge >= 0.3 is 12.1 Å². The predicted molar refractivity (Wildman–Crippen MR) is 94.0 cm³/mol. The Morgan fingerprint density at radius 1 is 1.25 bits per heavy atom. The number of para-hydroxylation sites is 1. The van der Waals surface area contributed by atoms with E-state index in [0.717, 1.165) is 25.1 Å². The maximum Gasteiger partial charge on any atom is 0.407 e. The number of carbonyl (C=O) groups is 2. The Balaban J connectivity index is 1.79. The molecule has 1 aliphatic heterocycles. The number of hydrogen-bond donors (Lipinski definition) is 2. The summed E-state index contributed by atoms with van der Waals surface area (Å²) in [6.07, 6.45) is 1.52. The fourth-order valence-electron chi connectivity index (χ4n) is 2.68. The van der Waals surface area contributed by atoms with Gasteiger partial charge in [-0.2, -0.15) is 0 Å². The second-order valence-electron chi connectivity index (χ2n) is 7.13. The molecule has 0 radical (unpaired) electrons.